The smallest absolute Gasteiger partial charge is 0.311 e. The Kier molecular flexibility index (Phi) is 6.28. The molecular formula is C14H25NO4. The average molecular weight is 271 g/mol. The number of carboxylic acids is 1. The lowest BCUT2D eigenvalue weighted by molar-refractivity contribution is -0.151. The summed E-state index contributed by atoms with van der Waals surface area (Å²) >= 11 is 0. The van der Waals surface area contributed by atoms with Gasteiger partial charge in [0, 0.05) is 13.0 Å². The Hall–Kier alpha value is -1.10. The second kappa shape index (κ2) is 7.48. The molecule has 0 saturated heterocycles. The fourth-order valence-corrected chi connectivity index (χ4v) is 2.44. The minimum atomic E-state index is -0.786. The van der Waals surface area contributed by atoms with E-state index in [0.717, 1.165) is 19.3 Å². The number of carbonyl (C=O) groups is 2. The highest BCUT2D eigenvalue weighted by atomic mass is 16.5. The first-order valence-electron chi connectivity index (χ1n) is 7.08. The Morgan fingerprint density at radius 3 is 2.42 bits per heavy atom. The SMILES string of the molecule is CC(C)OCCC(=O)NCC1(C(=O)O)CCCCC1. The highest BCUT2D eigenvalue weighted by molar-refractivity contribution is 5.79. The van der Waals surface area contributed by atoms with E-state index >= 15 is 0 Å². The Balaban J connectivity index is 2.35. The molecule has 110 valence electrons. The Labute approximate surface area is 114 Å². The molecule has 0 atom stereocenters. The molecule has 1 fully saturated rings. The zero-order valence-corrected chi connectivity index (χ0v) is 11.9. The molecule has 0 bridgehead atoms. The standard InChI is InChI=1S/C14H25NO4/c1-11(2)19-9-6-12(16)15-10-14(13(17)18)7-4-3-5-8-14/h11H,3-10H2,1-2H3,(H,15,16)(H,17,18). The molecule has 0 aliphatic heterocycles. The van der Waals surface area contributed by atoms with E-state index < -0.39 is 11.4 Å². The van der Waals surface area contributed by atoms with E-state index in [9.17, 15) is 14.7 Å². The zero-order valence-electron chi connectivity index (χ0n) is 11.9. The van der Waals surface area contributed by atoms with Gasteiger partial charge in [0.15, 0.2) is 0 Å². The van der Waals surface area contributed by atoms with Crippen LogP contribution >= 0.6 is 0 Å². The molecule has 1 rings (SSSR count). The third-order valence-corrected chi connectivity index (χ3v) is 3.67. The summed E-state index contributed by atoms with van der Waals surface area (Å²) in [5.74, 6) is -0.919. The van der Waals surface area contributed by atoms with Gasteiger partial charge in [-0.3, -0.25) is 9.59 Å². The number of amides is 1. The number of aliphatic carboxylic acids is 1. The van der Waals surface area contributed by atoms with Crippen molar-refractivity contribution in [3.8, 4) is 0 Å². The quantitative estimate of drug-likeness (QED) is 0.742. The molecule has 1 amide bonds. The van der Waals surface area contributed by atoms with Gasteiger partial charge in [0.25, 0.3) is 0 Å². The highest BCUT2D eigenvalue weighted by Crippen LogP contribution is 2.35. The molecule has 0 aromatic heterocycles. The van der Waals surface area contributed by atoms with Gasteiger partial charge < -0.3 is 15.2 Å². The van der Waals surface area contributed by atoms with Crippen LogP contribution in [0.15, 0.2) is 0 Å². The monoisotopic (exact) mass is 271 g/mol. The van der Waals surface area contributed by atoms with Crippen LogP contribution in [0.4, 0.5) is 0 Å². The van der Waals surface area contributed by atoms with Crippen molar-refractivity contribution < 1.29 is 19.4 Å². The van der Waals surface area contributed by atoms with Crippen molar-refractivity contribution >= 4 is 11.9 Å². The molecule has 0 spiro atoms. The van der Waals surface area contributed by atoms with Crippen LogP contribution in [0.5, 0.6) is 0 Å². The van der Waals surface area contributed by atoms with Crippen LogP contribution in [0.2, 0.25) is 0 Å². The maximum Gasteiger partial charge on any atom is 0.311 e. The van der Waals surface area contributed by atoms with Crippen molar-refractivity contribution in [3.63, 3.8) is 0 Å². The Bertz CT molecular complexity index is 309. The fourth-order valence-electron chi connectivity index (χ4n) is 2.44. The summed E-state index contributed by atoms with van der Waals surface area (Å²) in [6, 6.07) is 0. The van der Waals surface area contributed by atoms with Gasteiger partial charge in [0.2, 0.25) is 5.91 Å². The Morgan fingerprint density at radius 1 is 1.26 bits per heavy atom. The molecular weight excluding hydrogens is 246 g/mol. The van der Waals surface area contributed by atoms with Gasteiger partial charge in [-0.2, -0.15) is 0 Å². The first-order valence-corrected chi connectivity index (χ1v) is 7.08. The van der Waals surface area contributed by atoms with Crippen LogP contribution in [-0.2, 0) is 14.3 Å². The summed E-state index contributed by atoms with van der Waals surface area (Å²) in [7, 11) is 0. The average Bonchev–Trinajstić information content (AvgIpc) is 2.37. The summed E-state index contributed by atoms with van der Waals surface area (Å²) in [6.07, 6.45) is 4.66. The van der Waals surface area contributed by atoms with Crippen molar-refractivity contribution in [3.05, 3.63) is 0 Å². The van der Waals surface area contributed by atoms with E-state index in [0.29, 0.717) is 19.4 Å². The van der Waals surface area contributed by atoms with Gasteiger partial charge in [-0.25, -0.2) is 0 Å². The molecule has 0 unspecified atom stereocenters. The molecule has 0 aromatic carbocycles. The first kappa shape index (κ1) is 16.0. The summed E-state index contributed by atoms with van der Waals surface area (Å²) < 4.78 is 5.30. The van der Waals surface area contributed by atoms with Crippen LogP contribution in [-0.4, -0.2) is 36.2 Å². The fraction of sp³-hybridized carbons (Fsp3) is 0.857. The number of nitrogens with one attached hydrogen (secondary N) is 1. The maximum absolute atomic E-state index is 11.6. The zero-order chi connectivity index (χ0) is 14.3. The van der Waals surface area contributed by atoms with Gasteiger partial charge in [-0.1, -0.05) is 19.3 Å². The van der Waals surface area contributed by atoms with E-state index in [-0.39, 0.29) is 25.0 Å². The van der Waals surface area contributed by atoms with E-state index in [1.54, 1.807) is 0 Å². The second-order valence-corrected chi connectivity index (χ2v) is 5.59. The molecule has 19 heavy (non-hydrogen) atoms. The van der Waals surface area contributed by atoms with Gasteiger partial charge >= 0.3 is 5.97 Å². The molecule has 1 saturated carbocycles. The molecule has 2 N–H and O–H groups in total. The molecule has 0 radical (unpaired) electrons. The third-order valence-electron chi connectivity index (χ3n) is 3.67. The molecule has 0 aromatic rings. The molecule has 5 heteroatoms. The topological polar surface area (TPSA) is 75.6 Å². The minimum absolute atomic E-state index is 0.108. The first-order chi connectivity index (χ1) is 8.96. The number of rotatable bonds is 7. The predicted octanol–water partition coefficient (Wildman–Crippen LogP) is 1.95. The number of hydrogen-bond donors (Lipinski definition) is 2. The van der Waals surface area contributed by atoms with Crippen LogP contribution in [0, 0.1) is 5.41 Å². The summed E-state index contributed by atoms with van der Waals surface area (Å²) in [4.78, 5) is 23.1. The van der Waals surface area contributed by atoms with Crippen molar-refractivity contribution in [2.24, 2.45) is 5.41 Å². The van der Waals surface area contributed by atoms with Crippen molar-refractivity contribution in [2.45, 2.75) is 58.5 Å². The number of carbonyl (C=O) groups excluding carboxylic acids is 1. The van der Waals surface area contributed by atoms with E-state index in [2.05, 4.69) is 5.32 Å². The van der Waals surface area contributed by atoms with Crippen molar-refractivity contribution in [1.82, 2.24) is 5.32 Å². The molecule has 1 aliphatic rings. The minimum Gasteiger partial charge on any atom is -0.481 e. The molecule has 1 aliphatic carbocycles. The molecule has 5 nitrogen and oxygen atoms in total. The summed E-state index contributed by atoms with van der Waals surface area (Å²) in [5.41, 5.74) is -0.757. The lowest BCUT2D eigenvalue weighted by Crippen LogP contribution is -2.44. The summed E-state index contributed by atoms with van der Waals surface area (Å²) in [5, 5.41) is 12.1. The highest BCUT2D eigenvalue weighted by Gasteiger charge is 2.39. The lowest BCUT2D eigenvalue weighted by atomic mass is 9.74. The normalized spacial score (nSPS) is 18.3. The maximum atomic E-state index is 11.6. The van der Waals surface area contributed by atoms with Gasteiger partial charge in [0.05, 0.1) is 18.1 Å². The largest absolute Gasteiger partial charge is 0.481 e. The van der Waals surface area contributed by atoms with Crippen molar-refractivity contribution in [1.29, 1.82) is 0 Å². The van der Waals surface area contributed by atoms with E-state index in [4.69, 9.17) is 4.74 Å². The number of ether oxygens (including phenoxy) is 1. The van der Waals surface area contributed by atoms with E-state index in [1.165, 1.54) is 0 Å². The van der Waals surface area contributed by atoms with Crippen LogP contribution in [0.25, 0.3) is 0 Å². The third kappa shape index (κ3) is 5.19. The van der Waals surface area contributed by atoms with Crippen LogP contribution < -0.4 is 5.32 Å². The van der Waals surface area contributed by atoms with Crippen LogP contribution in [0.3, 0.4) is 0 Å². The number of hydrogen-bond acceptors (Lipinski definition) is 3. The van der Waals surface area contributed by atoms with E-state index in [1.807, 2.05) is 13.8 Å². The second-order valence-electron chi connectivity index (χ2n) is 5.59. The number of carboxylic acid groups (broad SMARTS) is 1. The van der Waals surface area contributed by atoms with Gasteiger partial charge in [0.1, 0.15) is 0 Å². The van der Waals surface area contributed by atoms with Crippen molar-refractivity contribution in [2.75, 3.05) is 13.2 Å². The van der Waals surface area contributed by atoms with Gasteiger partial charge in [-0.05, 0) is 26.7 Å². The van der Waals surface area contributed by atoms with Gasteiger partial charge in [-0.15, -0.1) is 0 Å². The summed E-state index contributed by atoms with van der Waals surface area (Å²) in [6.45, 7) is 4.45. The lowest BCUT2D eigenvalue weighted by Gasteiger charge is -2.33. The Morgan fingerprint density at radius 2 is 1.89 bits per heavy atom. The predicted molar refractivity (Wildman–Crippen MR) is 71.9 cm³/mol. The molecule has 0 heterocycles. The van der Waals surface area contributed by atoms with Crippen LogP contribution in [0.1, 0.15) is 52.4 Å².